The Labute approximate surface area is 159 Å². The fourth-order valence-electron chi connectivity index (χ4n) is 5.42. The zero-order valence-corrected chi connectivity index (χ0v) is 16.1. The van der Waals surface area contributed by atoms with Gasteiger partial charge < -0.3 is 9.88 Å². The first-order valence-electron chi connectivity index (χ1n) is 10.4. The Kier molecular flexibility index (Phi) is 4.07. The van der Waals surface area contributed by atoms with Gasteiger partial charge in [-0.3, -0.25) is 14.8 Å². The molecule has 2 aromatic heterocycles. The SMILES string of the molecule is CCN1CCc2[nH]cnc2C12CCN(C(=O)c1n[nH]c3c1CCCC3)CC2. The molecule has 1 saturated heterocycles. The van der Waals surface area contributed by atoms with Gasteiger partial charge in [0, 0.05) is 43.0 Å². The molecule has 5 rings (SSSR count). The van der Waals surface area contributed by atoms with Gasteiger partial charge >= 0.3 is 0 Å². The van der Waals surface area contributed by atoms with Crippen molar-refractivity contribution in [2.24, 2.45) is 0 Å². The summed E-state index contributed by atoms with van der Waals surface area (Å²) in [4.78, 5) is 25.8. The van der Waals surface area contributed by atoms with Crippen LogP contribution in [0.15, 0.2) is 6.33 Å². The lowest BCUT2D eigenvalue weighted by molar-refractivity contribution is 0.0100. The minimum Gasteiger partial charge on any atom is -0.348 e. The second-order valence-corrected chi connectivity index (χ2v) is 8.12. The van der Waals surface area contributed by atoms with Gasteiger partial charge in [0.05, 0.1) is 17.6 Å². The molecule has 1 spiro atoms. The molecule has 2 aromatic rings. The maximum absolute atomic E-state index is 13.2. The number of nitrogens with zero attached hydrogens (tertiary/aromatic N) is 4. The van der Waals surface area contributed by atoms with Crippen molar-refractivity contribution >= 4 is 5.91 Å². The second-order valence-electron chi connectivity index (χ2n) is 8.12. The predicted octanol–water partition coefficient (Wildman–Crippen LogP) is 2.02. The minimum absolute atomic E-state index is 0.0237. The van der Waals surface area contributed by atoms with E-state index in [0.29, 0.717) is 5.69 Å². The molecule has 0 unspecified atom stereocenters. The molecule has 1 amide bonds. The highest BCUT2D eigenvalue weighted by Crippen LogP contribution is 2.42. The Morgan fingerprint density at radius 2 is 1.96 bits per heavy atom. The molecule has 144 valence electrons. The van der Waals surface area contributed by atoms with Crippen LogP contribution in [-0.2, 0) is 24.8 Å². The number of likely N-dealkylation sites (tertiary alicyclic amines) is 1. The van der Waals surface area contributed by atoms with Crippen molar-refractivity contribution < 1.29 is 4.79 Å². The number of hydrogen-bond acceptors (Lipinski definition) is 4. The van der Waals surface area contributed by atoms with E-state index in [-0.39, 0.29) is 11.4 Å². The monoisotopic (exact) mass is 368 g/mol. The van der Waals surface area contributed by atoms with Gasteiger partial charge in [-0.1, -0.05) is 6.92 Å². The fourth-order valence-corrected chi connectivity index (χ4v) is 5.42. The molecule has 0 aromatic carbocycles. The van der Waals surface area contributed by atoms with E-state index in [4.69, 9.17) is 4.98 Å². The Morgan fingerprint density at radius 1 is 1.15 bits per heavy atom. The fraction of sp³-hybridized carbons (Fsp3) is 0.650. The summed E-state index contributed by atoms with van der Waals surface area (Å²) in [5.74, 6) is 0.102. The first-order valence-corrected chi connectivity index (χ1v) is 10.4. The van der Waals surface area contributed by atoms with Gasteiger partial charge in [0.1, 0.15) is 0 Å². The highest BCUT2D eigenvalue weighted by Gasteiger charge is 2.46. The number of carbonyl (C=O) groups is 1. The normalized spacial score (nSPS) is 21.9. The molecular weight excluding hydrogens is 340 g/mol. The van der Waals surface area contributed by atoms with Gasteiger partial charge in [-0.25, -0.2) is 4.98 Å². The third kappa shape index (κ3) is 2.55. The van der Waals surface area contributed by atoms with Crippen molar-refractivity contribution in [2.45, 2.75) is 57.4 Å². The average Bonchev–Trinajstić information content (AvgIpc) is 3.36. The summed E-state index contributed by atoms with van der Waals surface area (Å²) in [6.07, 6.45) is 9.09. The lowest BCUT2D eigenvalue weighted by Gasteiger charge is -2.50. The number of rotatable bonds is 2. The molecule has 27 heavy (non-hydrogen) atoms. The Balaban J connectivity index is 1.37. The zero-order valence-electron chi connectivity index (χ0n) is 16.1. The molecule has 0 radical (unpaired) electrons. The van der Waals surface area contributed by atoms with Crippen LogP contribution < -0.4 is 0 Å². The van der Waals surface area contributed by atoms with Crippen LogP contribution in [0.2, 0.25) is 0 Å². The lowest BCUT2D eigenvalue weighted by Crippen LogP contribution is -2.57. The molecule has 2 N–H and O–H groups in total. The van der Waals surface area contributed by atoms with E-state index >= 15 is 0 Å². The van der Waals surface area contributed by atoms with E-state index in [9.17, 15) is 4.79 Å². The number of likely N-dealkylation sites (N-methyl/N-ethyl adjacent to an activating group) is 1. The number of piperidine rings is 1. The number of amides is 1. The predicted molar refractivity (Wildman–Crippen MR) is 102 cm³/mol. The maximum atomic E-state index is 13.2. The van der Waals surface area contributed by atoms with E-state index in [1.54, 1.807) is 0 Å². The lowest BCUT2D eigenvalue weighted by atomic mass is 9.78. The molecule has 7 heteroatoms. The average molecular weight is 368 g/mol. The molecule has 0 bridgehead atoms. The number of nitrogens with one attached hydrogen (secondary N) is 2. The molecule has 1 fully saturated rings. The number of aromatic nitrogens is 4. The summed E-state index contributed by atoms with van der Waals surface area (Å²) in [6, 6.07) is 0. The van der Waals surface area contributed by atoms with Crippen molar-refractivity contribution in [3.63, 3.8) is 0 Å². The molecule has 0 saturated carbocycles. The van der Waals surface area contributed by atoms with Crippen LogP contribution in [0.1, 0.15) is 65.7 Å². The van der Waals surface area contributed by atoms with Crippen LogP contribution in [0.25, 0.3) is 0 Å². The Bertz CT molecular complexity index is 845. The van der Waals surface area contributed by atoms with E-state index < -0.39 is 0 Å². The number of aryl methyl sites for hydroxylation is 1. The number of imidazole rings is 1. The molecule has 2 aliphatic heterocycles. The molecule has 1 aliphatic carbocycles. The molecular formula is C20H28N6O. The van der Waals surface area contributed by atoms with Crippen molar-refractivity contribution in [1.82, 2.24) is 30.0 Å². The summed E-state index contributed by atoms with van der Waals surface area (Å²) in [5, 5.41) is 7.50. The molecule has 4 heterocycles. The third-order valence-electron chi connectivity index (χ3n) is 6.91. The van der Waals surface area contributed by atoms with Gasteiger partial charge in [-0.2, -0.15) is 5.10 Å². The van der Waals surface area contributed by atoms with E-state index in [1.807, 2.05) is 11.2 Å². The van der Waals surface area contributed by atoms with Crippen LogP contribution >= 0.6 is 0 Å². The van der Waals surface area contributed by atoms with Crippen molar-refractivity contribution in [3.05, 3.63) is 34.7 Å². The van der Waals surface area contributed by atoms with Gasteiger partial charge in [-0.05, 0) is 45.1 Å². The van der Waals surface area contributed by atoms with Gasteiger partial charge in [0.2, 0.25) is 0 Å². The van der Waals surface area contributed by atoms with Crippen LogP contribution in [0, 0.1) is 0 Å². The first kappa shape index (κ1) is 17.0. The summed E-state index contributed by atoms with van der Waals surface area (Å²) in [7, 11) is 0. The Hall–Kier alpha value is -2.15. The minimum atomic E-state index is -0.0237. The van der Waals surface area contributed by atoms with Crippen LogP contribution in [0.4, 0.5) is 0 Å². The number of carbonyl (C=O) groups excluding carboxylic acids is 1. The van der Waals surface area contributed by atoms with Gasteiger partial charge in [0.15, 0.2) is 5.69 Å². The molecule has 7 nitrogen and oxygen atoms in total. The maximum Gasteiger partial charge on any atom is 0.274 e. The van der Waals surface area contributed by atoms with E-state index in [0.717, 1.165) is 70.3 Å². The summed E-state index contributed by atoms with van der Waals surface area (Å²) in [5.41, 5.74) is 5.46. The standard InChI is InChI=1S/C20H28N6O/c1-2-26-10-7-16-18(22-13-21-16)20(26)8-11-25(12-9-20)19(27)17-14-5-3-4-6-15(14)23-24-17/h13H,2-12H2,1H3,(H,21,22)(H,23,24). The van der Waals surface area contributed by atoms with Crippen LogP contribution in [0.5, 0.6) is 0 Å². The van der Waals surface area contributed by atoms with E-state index in [2.05, 4.69) is 27.0 Å². The van der Waals surface area contributed by atoms with Gasteiger partial charge in [-0.15, -0.1) is 0 Å². The van der Waals surface area contributed by atoms with Crippen molar-refractivity contribution in [2.75, 3.05) is 26.2 Å². The number of fused-ring (bicyclic) bond motifs is 3. The summed E-state index contributed by atoms with van der Waals surface area (Å²) >= 11 is 0. The summed E-state index contributed by atoms with van der Waals surface area (Å²) < 4.78 is 0. The Morgan fingerprint density at radius 3 is 2.78 bits per heavy atom. The van der Waals surface area contributed by atoms with E-state index in [1.165, 1.54) is 23.5 Å². The van der Waals surface area contributed by atoms with Gasteiger partial charge in [0.25, 0.3) is 5.91 Å². The highest BCUT2D eigenvalue weighted by atomic mass is 16.2. The quantitative estimate of drug-likeness (QED) is 0.850. The second kappa shape index (κ2) is 6.48. The topological polar surface area (TPSA) is 80.9 Å². The van der Waals surface area contributed by atoms with Crippen molar-refractivity contribution in [3.8, 4) is 0 Å². The largest absolute Gasteiger partial charge is 0.348 e. The zero-order chi connectivity index (χ0) is 18.4. The molecule has 0 atom stereocenters. The van der Waals surface area contributed by atoms with Crippen molar-refractivity contribution in [1.29, 1.82) is 0 Å². The smallest absolute Gasteiger partial charge is 0.274 e. The first-order chi connectivity index (χ1) is 13.2. The van der Waals surface area contributed by atoms with Crippen LogP contribution in [0.3, 0.4) is 0 Å². The number of hydrogen-bond donors (Lipinski definition) is 2. The number of H-pyrrole nitrogens is 2. The molecule has 3 aliphatic rings. The highest BCUT2D eigenvalue weighted by molar-refractivity contribution is 5.94. The number of aromatic amines is 2. The third-order valence-corrected chi connectivity index (χ3v) is 6.91. The summed E-state index contributed by atoms with van der Waals surface area (Å²) in [6.45, 7) is 5.85. The van der Waals surface area contributed by atoms with Crippen LogP contribution in [-0.4, -0.2) is 62.1 Å².